The number of rotatable bonds is 3. The molecular weight excluding hydrogens is 362 g/mol. The lowest BCUT2D eigenvalue weighted by atomic mass is 10.2. The highest BCUT2D eigenvalue weighted by atomic mass is 32.2. The fourth-order valence-electron chi connectivity index (χ4n) is 3.58. The zero-order chi connectivity index (χ0) is 19.2. The van der Waals surface area contributed by atoms with E-state index in [2.05, 4.69) is 4.98 Å². The lowest BCUT2D eigenvalue weighted by Crippen LogP contribution is -2.48. The quantitative estimate of drug-likeness (QED) is 0.695. The summed E-state index contributed by atoms with van der Waals surface area (Å²) in [6.45, 7) is 6.53. The summed E-state index contributed by atoms with van der Waals surface area (Å²) in [4.78, 5) is 4.96. The molecule has 0 N–H and O–H groups in total. The molecule has 6 nitrogen and oxygen atoms in total. The Balaban J connectivity index is 1.72. The average Bonchev–Trinajstić information content (AvgIpc) is 3.07. The average molecular weight is 385 g/mol. The monoisotopic (exact) mass is 385 g/mol. The maximum Gasteiger partial charge on any atom is 0.243 e. The summed E-state index contributed by atoms with van der Waals surface area (Å²) >= 11 is 0. The van der Waals surface area contributed by atoms with Crippen molar-refractivity contribution < 1.29 is 13.2 Å². The SMILES string of the molecule is Cc1cccn2cc(-c3cccc(S(=O)(=O)N4C[C@H](C)O[C@@H](C)C4)c3)nc12. The van der Waals surface area contributed by atoms with Crippen LogP contribution in [0.3, 0.4) is 0 Å². The van der Waals surface area contributed by atoms with Gasteiger partial charge in [-0.3, -0.25) is 0 Å². The third kappa shape index (κ3) is 3.38. The van der Waals surface area contributed by atoms with Gasteiger partial charge in [-0.15, -0.1) is 0 Å². The first-order valence-electron chi connectivity index (χ1n) is 9.05. The van der Waals surface area contributed by atoms with Gasteiger partial charge < -0.3 is 9.14 Å². The zero-order valence-corrected chi connectivity index (χ0v) is 16.5. The number of nitrogens with zero attached hydrogens (tertiary/aromatic N) is 3. The molecule has 0 amide bonds. The molecule has 3 aromatic rings. The standard InChI is InChI=1S/C20H23N3O3S/c1-14-6-5-9-22-13-19(21-20(14)22)17-7-4-8-18(10-17)27(24,25)23-11-15(2)26-16(3)12-23/h4-10,13,15-16H,11-12H2,1-3H3/t15-,16-/m0/s1. The first-order valence-corrected chi connectivity index (χ1v) is 10.5. The molecule has 1 aliphatic heterocycles. The van der Waals surface area contributed by atoms with Crippen molar-refractivity contribution in [2.45, 2.75) is 37.9 Å². The second kappa shape index (κ2) is 6.74. The van der Waals surface area contributed by atoms with Crippen molar-refractivity contribution in [3.05, 3.63) is 54.4 Å². The summed E-state index contributed by atoms with van der Waals surface area (Å²) in [5.41, 5.74) is 3.49. The van der Waals surface area contributed by atoms with Crippen molar-refractivity contribution in [2.24, 2.45) is 0 Å². The molecule has 0 spiro atoms. The predicted molar refractivity (Wildman–Crippen MR) is 104 cm³/mol. The lowest BCUT2D eigenvalue weighted by Gasteiger charge is -2.34. The van der Waals surface area contributed by atoms with E-state index < -0.39 is 10.0 Å². The second-order valence-electron chi connectivity index (χ2n) is 7.16. The van der Waals surface area contributed by atoms with E-state index in [0.29, 0.717) is 13.1 Å². The van der Waals surface area contributed by atoms with E-state index >= 15 is 0 Å². The molecule has 1 saturated heterocycles. The molecule has 3 heterocycles. The largest absolute Gasteiger partial charge is 0.373 e. The Morgan fingerprint density at radius 2 is 1.85 bits per heavy atom. The minimum Gasteiger partial charge on any atom is -0.373 e. The Kier molecular flexibility index (Phi) is 4.53. The van der Waals surface area contributed by atoms with Crippen LogP contribution in [0.2, 0.25) is 0 Å². The molecule has 1 fully saturated rings. The third-order valence-electron chi connectivity index (χ3n) is 4.83. The molecule has 0 aliphatic carbocycles. The van der Waals surface area contributed by atoms with Gasteiger partial charge in [0.05, 0.1) is 22.8 Å². The fourth-order valence-corrected chi connectivity index (χ4v) is 5.22. The van der Waals surface area contributed by atoms with E-state index in [1.807, 2.05) is 55.8 Å². The number of fused-ring (bicyclic) bond motifs is 1. The van der Waals surface area contributed by atoms with E-state index in [1.54, 1.807) is 18.2 Å². The molecule has 1 aliphatic rings. The molecule has 0 radical (unpaired) electrons. The maximum atomic E-state index is 13.1. The van der Waals surface area contributed by atoms with Gasteiger partial charge in [0.1, 0.15) is 5.65 Å². The van der Waals surface area contributed by atoms with Crippen LogP contribution in [0.5, 0.6) is 0 Å². The highest BCUT2D eigenvalue weighted by Crippen LogP contribution is 2.26. The minimum atomic E-state index is -3.58. The molecule has 0 saturated carbocycles. The molecule has 1 aromatic carbocycles. The number of aryl methyl sites for hydroxylation is 1. The van der Waals surface area contributed by atoms with E-state index in [9.17, 15) is 8.42 Å². The number of ether oxygens (including phenoxy) is 1. The number of pyridine rings is 1. The van der Waals surface area contributed by atoms with Gasteiger partial charge in [0, 0.05) is 31.0 Å². The van der Waals surface area contributed by atoms with E-state index in [0.717, 1.165) is 22.5 Å². The normalized spacial score (nSPS) is 21.6. The first-order chi connectivity index (χ1) is 12.8. The van der Waals surface area contributed by atoms with Crippen molar-refractivity contribution >= 4 is 15.7 Å². The number of hydrogen-bond donors (Lipinski definition) is 0. The molecule has 0 bridgehead atoms. The Bertz CT molecular complexity index is 1080. The van der Waals surface area contributed by atoms with Gasteiger partial charge in [-0.2, -0.15) is 4.31 Å². The van der Waals surface area contributed by atoms with Crippen molar-refractivity contribution in [1.29, 1.82) is 0 Å². The highest BCUT2D eigenvalue weighted by molar-refractivity contribution is 7.89. The number of morpholine rings is 1. The summed E-state index contributed by atoms with van der Waals surface area (Å²) in [5.74, 6) is 0. The van der Waals surface area contributed by atoms with Crippen LogP contribution in [0.25, 0.3) is 16.9 Å². The number of imidazole rings is 1. The Hall–Kier alpha value is -2.22. The van der Waals surface area contributed by atoms with Crippen LogP contribution in [0.1, 0.15) is 19.4 Å². The molecule has 4 rings (SSSR count). The van der Waals surface area contributed by atoms with E-state index in [4.69, 9.17) is 4.74 Å². The minimum absolute atomic E-state index is 0.117. The van der Waals surface area contributed by atoms with Crippen molar-refractivity contribution in [3.63, 3.8) is 0 Å². The summed E-state index contributed by atoms with van der Waals surface area (Å²) in [5, 5.41) is 0. The summed E-state index contributed by atoms with van der Waals surface area (Å²) in [6.07, 6.45) is 3.63. The van der Waals surface area contributed by atoms with Crippen LogP contribution >= 0.6 is 0 Å². The molecule has 0 unspecified atom stereocenters. The van der Waals surface area contributed by atoms with Gasteiger partial charge in [0.25, 0.3) is 0 Å². The van der Waals surface area contributed by atoms with Gasteiger partial charge in [0.2, 0.25) is 10.0 Å². The summed E-state index contributed by atoms with van der Waals surface area (Å²) < 4.78 is 35.4. The maximum absolute atomic E-state index is 13.1. The molecular formula is C20H23N3O3S. The second-order valence-corrected chi connectivity index (χ2v) is 9.09. The van der Waals surface area contributed by atoms with Crippen LogP contribution in [0.4, 0.5) is 0 Å². The van der Waals surface area contributed by atoms with E-state index in [1.165, 1.54) is 4.31 Å². The predicted octanol–water partition coefficient (Wildman–Crippen LogP) is 3.11. The van der Waals surface area contributed by atoms with Gasteiger partial charge in [-0.1, -0.05) is 18.2 Å². The summed E-state index contributed by atoms with van der Waals surface area (Å²) in [7, 11) is -3.58. The molecule has 7 heteroatoms. The molecule has 2 aromatic heterocycles. The van der Waals surface area contributed by atoms with Gasteiger partial charge in [-0.05, 0) is 44.5 Å². The number of hydrogen-bond acceptors (Lipinski definition) is 4. The lowest BCUT2D eigenvalue weighted by molar-refractivity contribution is -0.0440. The Morgan fingerprint density at radius 3 is 2.56 bits per heavy atom. The molecule has 2 atom stereocenters. The van der Waals surface area contributed by atoms with Crippen molar-refractivity contribution in [1.82, 2.24) is 13.7 Å². The Morgan fingerprint density at radius 1 is 1.11 bits per heavy atom. The van der Waals surface area contributed by atoms with E-state index in [-0.39, 0.29) is 17.1 Å². The number of aromatic nitrogens is 2. The van der Waals surface area contributed by atoms with Crippen molar-refractivity contribution in [2.75, 3.05) is 13.1 Å². The van der Waals surface area contributed by atoms with Gasteiger partial charge in [-0.25, -0.2) is 13.4 Å². The van der Waals surface area contributed by atoms with Crippen molar-refractivity contribution in [3.8, 4) is 11.3 Å². The zero-order valence-electron chi connectivity index (χ0n) is 15.7. The van der Waals surface area contributed by atoms with Gasteiger partial charge >= 0.3 is 0 Å². The Labute approximate surface area is 159 Å². The smallest absolute Gasteiger partial charge is 0.243 e. The summed E-state index contributed by atoms with van der Waals surface area (Å²) in [6, 6.07) is 11.0. The fraction of sp³-hybridized carbons (Fsp3) is 0.350. The highest BCUT2D eigenvalue weighted by Gasteiger charge is 2.32. The van der Waals surface area contributed by atoms with Crippen LogP contribution in [0.15, 0.2) is 53.7 Å². The number of sulfonamides is 1. The molecule has 142 valence electrons. The van der Waals surface area contributed by atoms with Crippen LogP contribution in [-0.4, -0.2) is 47.4 Å². The van der Waals surface area contributed by atoms with Crippen LogP contribution in [0, 0.1) is 6.92 Å². The van der Waals surface area contributed by atoms with Crippen LogP contribution < -0.4 is 0 Å². The third-order valence-corrected chi connectivity index (χ3v) is 6.66. The first kappa shape index (κ1) is 18.2. The topological polar surface area (TPSA) is 63.9 Å². The molecule has 27 heavy (non-hydrogen) atoms. The van der Waals surface area contributed by atoms with Gasteiger partial charge in [0.15, 0.2) is 0 Å². The number of benzene rings is 1. The van der Waals surface area contributed by atoms with Crippen LogP contribution in [-0.2, 0) is 14.8 Å².